The number of nitrogens with one attached hydrogen (secondary N) is 1. The highest BCUT2D eigenvalue weighted by Crippen LogP contribution is 2.42. The lowest BCUT2D eigenvalue weighted by Gasteiger charge is -2.35. The molecule has 2 fully saturated rings. The monoisotopic (exact) mass is 357 g/mol. The van der Waals surface area contributed by atoms with Crippen LogP contribution < -0.4 is 5.32 Å². The second-order valence-corrected chi connectivity index (χ2v) is 8.55. The van der Waals surface area contributed by atoms with Crippen molar-refractivity contribution in [3.63, 3.8) is 0 Å². The van der Waals surface area contributed by atoms with Gasteiger partial charge in [-0.25, -0.2) is 0 Å². The molecule has 0 unspecified atom stereocenters. The number of carbonyl (C=O) groups excluding carboxylic acids is 1. The van der Waals surface area contributed by atoms with Gasteiger partial charge in [-0.05, 0) is 52.5 Å². The van der Waals surface area contributed by atoms with E-state index in [-0.39, 0.29) is 24.1 Å². The molecule has 2 aromatic rings. The summed E-state index contributed by atoms with van der Waals surface area (Å²) < 4.78 is 4.17. The van der Waals surface area contributed by atoms with Gasteiger partial charge in [0.1, 0.15) is 12.4 Å². The summed E-state index contributed by atoms with van der Waals surface area (Å²) in [6.07, 6.45) is 7.88. The molecule has 2 aliphatic rings. The minimum Gasteiger partial charge on any atom is -0.388 e. The fourth-order valence-corrected chi connectivity index (χ4v) is 3.62. The molecule has 1 amide bonds. The molecule has 2 aliphatic carbocycles. The number of rotatable bonds is 5. The van der Waals surface area contributed by atoms with Crippen LogP contribution >= 0.6 is 0 Å². The SMILES string of the molecule is CC(C)(C)n1ccc(C(=O)NC2CC(c3nnc(CO)n3C3CC3)C2)c1. The number of hydrogen-bond acceptors (Lipinski definition) is 4. The first-order valence-electron chi connectivity index (χ1n) is 9.40. The first kappa shape index (κ1) is 17.3. The number of hydrogen-bond donors (Lipinski definition) is 2. The number of aromatic nitrogens is 4. The van der Waals surface area contributed by atoms with Gasteiger partial charge in [0.05, 0.1) is 5.56 Å². The largest absolute Gasteiger partial charge is 0.388 e. The molecule has 2 saturated carbocycles. The Hall–Kier alpha value is -2.15. The Balaban J connectivity index is 1.36. The zero-order valence-corrected chi connectivity index (χ0v) is 15.6. The molecule has 4 rings (SSSR count). The van der Waals surface area contributed by atoms with Crippen molar-refractivity contribution in [3.05, 3.63) is 35.7 Å². The van der Waals surface area contributed by atoms with Gasteiger partial charge in [0.15, 0.2) is 5.82 Å². The predicted octanol–water partition coefficient (Wildman–Crippen LogP) is 2.34. The molecule has 7 heteroatoms. The quantitative estimate of drug-likeness (QED) is 0.860. The molecule has 140 valence electrons. The van der Waals surface area contributed by atoms with Crippen molar-refractivity contribution in [2.24, 2.45) is 0 Å². The molecule has 0 aliphatic heterocycles. The lowest BCUT2D eigenvalue weighted by atomic mass is 9.79. The molecule has 7 nitrogen and oxygen atoms in total. The van der Waals surface area contributed by atoms with E-state index in [1.54, 1.807) is 0 Å². The van der Waals surface area contributed by atoms with Crippen LogP contribution in [0.15, 0.2) is 18.5 Å². The van der Waals surface area contributed by atoms with Gasteiger partial charge in [-0.3, -0.25) is 4.79 Å². The van der Waals surface area contributed by atoms with Gasteiger partial charge in [-0.15, -0.1) is 10.2 Å². The van der Waals surface area contributed by atoms with Crippen LogP contribution in [0.5, 0.6) is 0 Å². The topological polar surface area (TPSA) is 85.0 Å². The average Bonchev–Trinajstić information content (AvgIpc) is 3.10. The van der Waals surface area contributed by atoms with Gasteiger partial charge in [0, 0.05) is 35.9 Å². The summed E-state index contributed by atoms with van der Waals surface area (Å²) in [6.45, 7) is 6.27. The van der Waals surface area contributed by atoms with Crippen LogP contribution in [-0.4, -0.2) is 36.4 Å². The van der Waals surface area contributed by atoms with Crippen molar-refractivity contribution in [2.75, 3.05) is 0 Å². The fraction of sp³-hybridized carbons (Fsp3) is 0.632. The number of nitrogens with zero attached hydrogens (tertiary/aromatic N) is 4. The molecule has 0 saturated heterocycles. The summed E-state index contributed by atoms with van der Waals surface area (Å²) in [5, 5.41) is 21.0. The van der Waals surface area contributed by atoms with Crippen LogP contribution in [0.3, 0.4) is 0 Å². The standard InChI is InChI=1S/C19H27N5O2/c1-19(2,3)23-7-6-12(10-23)18(26)20-14-8-13(9-14)17-22-21-16(11-25)24(17)15-4-5-15/h6-7,10,13-15,25H,4-5,8-9,11H2,1-3H3,(H,20,26). The van der Waals surface area contributed by atoms with E-state index >= 15 is 0 Å². The summed E-state index contributed by atoms with van der Waals surface area (Å²) in [5.41, 5.74) is 0.671. The zero-order chi connectivity index (χ0) is 18.5. The van der Waals surface area contributed by atoms with Crippen LogP contribution in [-0.2, 0) is 12.1 Å². The molecular formula is C19H27N5O2. The molecule has 26 heavy (non-hydrogen) atoms. The maximum Gasteiger partial charge on any atom is 0.253 e. The number of aliphatic hydroxyl groups is 1. The maximum atomic E-state index is 12.5. The Morgan fingerprint density at radius 3 is 2.62 bits per heavy atom. The average molecular weight is 357 g/mol. The van der Waals surface area contributed by atoms with Crippen molar-refractivity contribution < 1.29 is 9.90 Å². The number of carbonyl (C=O) groups is 1. The molecule has 0 aromatic carbocycles. The Bertz CT molecular complexity index is 806. The molecule has 0 atom stereocenters. The van der Waals surface area contributed by atoms with E-state index in [2.05, 4.69) is 45.4 Å². The van der Waals surface area contributed by atoms with Gasteiger partial charge >= 0.3 is 0 Å². The second kappa shape index (κ2) is 6.23. The Kier molecular flexibility index (Phi) is 4.14. The van der Waals surface area contributed by atoms with Crippen LogP contribution in [0.1, 0.15) is 80.4 Å². The van der Waals surface area contributed by atoms with E-state index in [4.69, 9.17) is 0 Å². The van der Waals surface area contributed by atoms with E-state index in [9.17, 15) is 9.90 Å². The van der Waals surface area contributed by atoms with Crippen LogP contribution in [0.25, 0.3) is 0 Å². The maximum absolute atomic E-state index is 12.5. The third-order valence-corrected chi connectivity index (χ3v) is 5.41. The summed E-state index contributed by atoms with van der Waals surface area (Å²) in [6, 6.07) is 2.49. The van der Waals surface area contributed by atoms with Gasteiger partial charge < -0.3 is 19.6 Å². The Labute approximate surface area is 153 Å². The van der Waals surface area contributed by atoms with Gasteiger partial charge in [0.25, 0.3) is 5.91 Å². The van der Waals surface area contributed by atoms with E-state index in [0.29, 0.717) is 23.3 Å². The second-order valence-electron chi connectivity index (χ2n) is 8.55. The van der Waals surface area contributed by atoms with E-state index in [0.717, 1.165) is 31.5 Å². The summed E-state index contributed by atoms with van der Waals surface area (Å²) in [5.74, 6) is 1.93. The van der Waals surface area contributed by atoms with E-state index in [1.807, 2.05) is 18.5 Å². The highest BCUT2D eigenvalue weighted by molar-refractivity contribution is 5.94. The predicted molar refractivity (Wildman–Crippen MR) is 96.9 cm³/mol. The summed E-state index contributed by atoms with van der Waals surface area (Å²) in [4.78, 5) is 12.5. The van der Waals surface area contributed by atoms with Crippen LogP contribution in [0.2, 0.25) is 0 Å². The van der Waals surface area contributed by atoms with Gasteiger partial charge in [0.2, 0.25) is 0 Å². The summed E-state index contributed by atoms with van der Waals surface area (Å²) in [7, 11) is 0. The number of aliphatic hydroxyl groups excluding tert-OH is 1. The third kappa shape index (κ3) is 3.16. The molecule has 2 heterocycles. The van der Waals surface area contributed by atoms with Crippen molar-refractivity contribution in [1.82, 2.24) is 24.6 Å². The Morgan fingerprint density at radius 1 is 1.31 bits per heavy atom. The fourth-order valence-electron chi connectivity index (χ4n) is 3.62. The minimum absolute atomic E-state index is 0.0174. The van der Waals surface area contributed by atoms with Gasteiger partial charge in [-0.2, -0.15) is 0 Å². The normalized spacial score (nSPS) is 22.9. The van der Waals surface area contributed by atoms with Crippen molar-refractivity contribution in [3.8, 4) is 0 Å². The van der Waals surface area contributed by atoms with Crippen molar-refractivity contribution >= 4 is 5.91 Å². The molecule has 0 bridgehead atoms. The van der Waals surface area contributed by atoms with Crippen molar-refractivity contribution in [1.29, 1.82) is 0 Å². The highest BCUT2D eigenvalue weighted by Gasteiger charge is 2.38. The highest BCUT2D eigenvalue weighted by atomic mass is 16.3. The summed E-state index contributed by atoms with van der Waals surface area (Å²) >= 11 is 0. The first-order valence-corrected chi connectivity index (χ1v) is 9.40. The number of amides is 1. The smallest absolute Gasteiger partial charge is 0.253 e. The van der Waals surface area contributed by atoms with E-state index < -0.39 is 0 Å². The lowest BCUT2D eigenvalue weighted by molar-refractivity contribution is 0.0906. The van der Waals surface area contributed by atoms with E-state index in [1.165, 1.54) is 0 Å². The molecule has 2 aromatic heterocycles. The van der Waals surface area contributed by atoms with Gasteiger partial charge in [-0.1, -0.05) is 0 Å². The molecular weight excluding hydrogens is 330 g/mol. The Morgan fingerprint density at radius 2 is 2.04 bits per heavy atom. The first-order chi connectivity index (χ1) is 12.4. The van der Waals surface area contributed by atoms with Crippen LogP contribution in [0.4, 0.5) is 0 Å². The molecule has 0 spiro atoms. The zero-order valence-electron chi connectivity index (χ0n) is 15.6. The van der Waals surface area contributed by atoms with Crippen LogP contribution in [0, 0.1) is 0 Å². The van der Waals surface area contributed by atoms with Crippen molar-refractivity contribution in [2.45, 2.75) is 76.6 Å². The minimum atomic E-state index is -0.0683. The third-order valence-electron chi connectivity index (χ3n) is 5.41. The lowest BCUT2D eigenvalue weighted by Crippen LogP contribution is -2.44. The molecule has 0 radical (unpaired) electrons. The molecule has 2 N–H and O–H groups in total.